The van der Waals surface area contributed by atoms with Gasteiger partial charge in [-0.2, -0.15) is 5.10 Å². The number of carbonyl (C=O) groups is 1. The SMILES string of the molecule is COCC(C)NC(=O)c1cnn(-c2ccc(F)cc2)c1C(C)C. The van der Waals surface area contributed by atoms with Crippen molar-refractivity contribution in [2.24, 2.45) is 0 Å². The van der Waals surface area contributed by atoms with Crippen LogP contribution in [-0.2, 0) is 4.74 Å². The second kappa shape index (κ2) is 7.37. The predicted molar refractivity (Wildman–Crippen MR) is 86.4 cm³/mol. The molecule has 1 aromatic heterocycles. The fourth-order valence-corrected chi connectivity index (χ4v) is 2.47. The highest BCUT2D eigenvalue weighted by molar-refractivity contribution is 5.95. The average molecular weight is 319 g/mol. The third kappa shape index (κ3) is 3.96. The largest absolute Gasteiger partial charge is 0.383 e. The van der Waals surface area contributed by atoms with E-state index >= 15 is 0 Å². The normalized spacial score (nSPS) is 12.4. The van der Waals surface area contributed by atoms with Crippen molar-refractivity contribution in [1.29, 1.82) is 0 Å². The molecule has 1 amide bonds. The molecule has 0 aliphatic carbocycles. The molecule has 2 rings (SSSR count). The van der Waals surface area contributed by atoms with Gasteiger partial charge in [-0.05, 0) is 37.1 Å². The third-order valence-electron chi connectivity index (χ3n) is 3.46. The van der Waals surface area contributed by atoms with E-state index in [1.165, 1.54) is 12.1 Å². The number of ether oxygens (including phenoxy) is 1. The van der Waals surface area contributed by atoms with E-state index in [0.717, 1.165) is 11.4 Å². The summed E-state index contributed by atoms with van der Waals surface area (Å²) >= 11 is 0. The lowest BCUT2D eigenvalue weighted by atomic mass is 10.0. The van der Waals surface area contributed by atoms with Crippen LogP contribution in [0.25, 0.3) is 5.69 Å². The van der Waals surface area contributed by atoms with Gasteiger partial charge in [-0.1, -0.05) is 13.8 Å². The van der Waals surface area contributed by atoms with Crippen molar-refractivity contribution in [2.45, 2.75) is 32.7 Å². The molecule has 1 heterocycles. The molecule has 0 aliphatic heterocycles. The first-order valence-electron chi connectivity index (χ1n) is 7.57. The molecular formula is C17H22FN3O2. The standard InChI is InChI=1S/C17H22FN3O2/c1-11(2)16-15(17(22)20-12(3)10-23-4)9-19-21(16)14-7-5-13(18)6-8-14/h5-9,11-12H,10H2,1-4H3,(H,20,22). The molecule has 23 heavy (non-hydrogen) atoms. The molecule has 1 atom stereocenters. The molecule has 2 aromatic rings. The Bertz CT molecular complexity index is 665. The molecule has 0 bridgehead atoms. The maximum atomic E-state index is 13.1. The van der Waals surface area contributed by atoms with Crippen LogP contribution in [0.2, 0.25) is 0 Å². The number of aromatic nitrogens is 2. The molecule has 5 nitrogen and oxygen atoms in total. The Labute approximate surface area is 135 Å². The molecule has 0 radical (unpaired) electrons. The average Bonchev–Trinajstić information content (AvgIpc) is 2.93. The molecule has 1 N–H and O–H groups in total. The zero-order chi connectivity index (χ0) is 17.0. The van der Waals surface area contributed by atoms with E-state index in [1.807, 2.05) is 20.8 Å². The smallest absolute Gasteiger partial charge is 0.255 e. The van der Waals surface area contributed by atoms with E-state index in [4.69, 9.17) is 4.74 Å². The van der Waals surface area contributed by atoms with E-state index in [1.54, 1.807) is 30.1 Å². The van der Waals surface area contributed by atoms with Gasteiger partial charge in [0.15, 0.2) is 0 Å². The molecule has 0 spiro atoms. The number of nitrogens with zero attached hydrogens (tertiary/aromatic N) is 2. The Morgan fingerprint density at radius 3 is 2.52 bits per heavy atom. The minimum atomic E-state index is -0.307. The molecule has 124 valence electrons. The Morgan fingerprint density at radius 2 is 1.96 bits per heavy atom. The second-order valence-corrected chi connectivity index (χ2v) is 5.82. The summed E-state index contributed by atoms with van der Waals surface area (Å²) in [4.78, 5) is 12.5. The molecule has 1 unspecified atom stereocenters. The van der Waals surface area contributed by atoms with Gasteiger partial charge in [-0.25, -0.2) is 9.07 Å². The minimum Gasteiger partial charge on any atom is -0.383 e. The highest BCUT2D eigenvalue weighted by atomic mass is 19.1. The van der Waals surface area contributed by atoms with Crippen LogP contribution in [0.1, 0.15) is 42.7 Å². The number of amides is 1. The lowest BCUT2D eigenvalue weighted by Crippen LogP contribution is -2.36. The Hall–Kier alpha value is -2.21. The lowest BCUT2D eigenvalue weighted by Gasteiger charge is -2.15. The van der Waals surface area contributed by atoms with Gasteiger partial charge in [0.1, 0.15) is 5.82 Å². The van der Waals surface area contributed by atoms with Crippen LogP contribution in [0.3, 0.4) is 0 Å². The van der Waals surface area contributed by atoms with Crippen molar-refractivity contribution >= 4 is 5.91 Å². The first-order valence-corrected chi connectivity index (χ1v) is 7.57. The van der Waals surface area contributed by atoms with E-state index in [-0.39, 0.29) is 23.7 Å². The number of rotatable bonds is 6. The van der Waals surface area contributed by atoms with Gasteiger partial charge in [-0.15, -0.1) is 0 Å². The molecule has 0 fully saturated rings. The van der Waals surface area contributed by atoms with Crippen molar-refractivity contribution in [2.75, 3.05) is 13.7 Å². The van der Waals surface area contributed by atoms with E-state index in [9.17, 15) is 9.18 Å². The van der Waals surface area contributed by atoms with Crippen LogP contribution >= 0.6 is 0 Å². The fraction of sp³-hybridized carbons (Fsp3) is 0.412. The fourth-order valence-electron chi connectivity index (χ4n) is 2.47. The van der Waals surface area contributed by atoms with Gasteiger partial charge in [0.2, 0.25) is 0 Å². The van der Waals surface area contributed by atoms with E-state index < -0.39 is 0 Å². The summed E-state index contributed by atoms with van der Waals surface area (Å²) in [5, 5.41) is 7.20. The zero-order valence-electron chi connectivity index (χ0n) is 13.8. The van der Waals surface area contributed by atoms with Crippen molar-refractivity contribution in [3.63, 3.8) is 0 Å². The van der Waals surface area contributed by atoms with Crippen molar-refractivity contribution in [1.82, 2.24) is 15.1 Å². The summed E-state index contributed by atoms with van der Waals surface area (Å²) in [6, 6.07) is 5.94. The van der Waals surface area contributed by atoms with Crippen molar-refractivity contribution in [3.05, 3.63) is 47.5 Å². The highest BCUT2D eigenvalue weighted by Gasteiger charge is 2.21. The Balaban J connectivity index is 2.35. The van der Waals surface area contributed by atoms with Crippen molar-refractivity contribution in [3.8, 4) is 5.69 Å². The molecule has 0 saturated heterocycles. The third-order valence-corrected chi connectivity index (χ3v) is 3.46. The van der Waals surface area contributed by atoms with Gasteiger partial charge in [0.25, 0.3) is 5.91 Å². The van der Waals surface area contributed by atoms with Crippen LogP contribution < -0.4 is 5.32 Å². The summed E-state index contributed by atoms with van der Waals surface area (Å²) in [5.41, 5.74) is 2.03. The maximum Gasteiger partial charge on any atom is 0.255 e. The lowest BCUT2D eigenvalue weighted by molar-refractivity contribution is 0.0904. The highest BCUT2D eigenvalue weighted by Crippen LogP contribution is 2.23. The second-order valence-electron chi connectivity index (χ2n) is 5.82. The Kier molecular flexibility index (Phi) is 5.50. The van der Waals surface area contributed by atoms with Gasteiger partial charge in [0, 0.05) is 13.2 Å². The first kappa shape index (κ1) is 17.1. The summed E-state index contributed by atoms with van der Waals surface area (Å²) in [5.74, 6) is -0.411. The molecular weight excluding hydrogens is 297 g/mol. The summed E-state index contributed by atoms with van der Waals surface area (Å²) in [7, 11) is 1.59. The number of methoxy groups -OCH3 is 1. The number of hydrogen-bond acceptors (Lipinski definition) is 3. The van der Waals surface area contributed by atoms with Crippen molar-refractivity contribution < 1.29 is 13.9 Å². The van der Waals surface area contributed by atoms with Gasteiger partial charge in [-0.3, -0.25) is 4.79 Å². The van der Waals surface area contributed by atoms with Crippen LogP contribution in [0.4, 0.5) is 4.39 Å². The van der Waals surface area contributed by atoms with E-state index in [2.05, 4.69) is 10.4 Å². The topological polar surface area (TPSA) is 56.1 Å². The number of hydrogen-bond donors (Lipinski definition) is 1. The zero-order valence-corrected chi connectivity index (χ0v) is 13.8. The molecule has 6 heteroatoms. The van der Waals surface area contributed by atoms with Crippen LogP contribution in [-0.4, -0.2) is 35.4 Å². The summed E-state index contributed by atoms with van der Waals surface area (Å²) in [6.07, 6.45) is 1.55. The van der Waals surface area contributed by atoms with Crippen LogP contribution in [0.15, 0.2) is 30.5 Å². The van der Waals surface area contributed by atoms with Gasteiger partial charge < -0.3 is 10.1 Å². The monoisotopic (exact) mass is 319 g/mol. The number of halogens is 1. The summed E-state index contributed by atoms with van der Waals surface area (Å²) in [6.45, 7) is 6.30. The summed E-state index contributed by atoms with van der Waals surface area (Å²) < 4.78 is 19.8. The number of carbonyl (C=O) groups excluding carboxylic acids is 1. The predicted octanol–water partition coefficient (Wildman–Crippen LogP) is 2.90. The molecule has 0 saturated carbocycles. The van der Waals surface area contributed by atoms with E-state index in [0.29, 0.717) is 12.2 Å². The Morgan fingerprint density at radius 1 is 1.30 bits per heavy atom. The van der Waals surface area contributed by atoms with Gasteiger partial charge >= 0.3 is 0 Å². The first-order chi connectivity index (χ1) is 10.9. The number of nitrogens with one attached hydrogen (secondary N) is 1. The maximum absolute atomic E-state index is 13.1. The van der Waals surface area contributed by atoms with Gasteiger partial charge in [0.05, 0.1) is 29.7 Å². The quantitative estimate of drug-likeness (QED) is 0.891. The minimum absolute atomic E-state index is 0.0843. The molecule has 1 aromatic carbocycles. The molecule has 0 aliphatic rings. The van der Waals surface area contributed by atoms with Crippen LogP contribution in [0, 0.1) is 5.82 Å². The van der Waals surface area contributed by atoms with Crippen LogP contribution in [0.5, 0.6) is 0 Å². The number of benzene rings is 1.